The minimum absolute atomic E-state index is 0.0558. The summed E-state index contributed by atoms with van der Waals surface area (Å²) in [4.78, 5) is 12.4. The molecule has 1 atom stereocenters. The highest BCUT2D eigenvalue weighted by molar-refractivity contribution is 7.80. The van der Waals surface area contributed by atoms with Crippen molar-refractivity contribution in [1.29, 1.82) is 0 Å². The number of thiocarbonyl (C=S) groups is 1. The first-order chi connectivity index (χ1) is 9.90. The number of nitrogens with two attached hydrogens (primary N) is 1. The van der Waals surface area contributed by atoms with Gasteiger partial charge in [-0.1, -0.05) is 26.1 Å². The largest absolute Gasteiger partial charge is 0.497 e. The van der Waals surface area contributed by atoms with E-state index in [0.29, 0.717) is 18.0 Å². The molecule has 0 aliphatic rings. The molecule has 6 heteroatoms. The van der Waals surface area contributed by atoms with Crippen LogP contribution < -0.4 is 20.5 Å². The van der Waals surface area contributed by atoms with Crippen LogP contribution in [0.2, 0.25) is 0 Å². The summed E-state index contributed by atoms with van der Waals surface area (Å²) in [6.45, 7) is 4.17. The lowest BCUT2D eigenvalue weighted by Crippen LogP contribution is -2.40. The Kier molecular flexibility index (Phi) is 6.42. The number of hydrogen-bond donors (Lipinski definition) is 2. The number of benzene rings is 1. The van der Waals surface area contributed by atoms with Crippen molar-refractivity contribution in [3.8, 4) is 11.5 Å². The zero-order chi connectivity index (χ0) is 16.0. The van der Waals surface area contributed by atoms with E-state index < -0.39 is 5.92 Å². The summed E-state index contributed by atoms with van der Waals surface area (Å²) in [5.74, 6) is 0.774. The second-order valence-corrected chi connectivity index (χ2v) is 5.49. The van der Waals surface area contributed by atoms with Crippen LogP contribution in [-0.4, -0.2) is 25.1 Å². The van der Waals surface area contributed by atoms with Gasteiger partial charge in [-0.2, -0.15) is 0 Å². The number of ether oxygens (including phenoxy) is 2. The molecule has 0 aliphatic carbocycles. The molecule has 0 heterocycles. The minimum atomic E-state index is -0.468. The number of hydrogen-bond acceptors (Lipinski definition) is 4. The van der Waals surface area contributed by atoms with Crippen LogP contribution >= 0.6 is 12.2 Å². The highest BCUT2D eigenvalue weighted by atomic mass is 32.1. The van der Waals surface area contributed by atoms with Gasteiger partial charge in [0.2, 0.25) is 5.91 Å². The van der Waals surface area contributed by atoms with Crippen molar-refractivity contribution in [2.24, 2.45) is 17.6 Å². The zero-order valence-electron chi connectivity index (χ0n) is 12.8. The third-order valence-electron chi connectivity index (χ3n) is 3.20. The summed E-state index contributed by atoms with van der Waals surface area (Å²) in [7, 11) is 3.16. The molecule has 1 rings (SSSR count). The van der Waals surface area contributed by atoms with Crippen LogP contribution in [0.5, 0.6) is 11.5 Å². The monoisotopic (exact) mass is 310 g/mol. The van der Waals surface area contributed by atoms with Crippen molar-refractivity contribution < 1.29 is 14.3 Å². The van der Waals surface area contributed by atoms with Gasteiger partial charge in [-0.3, -0.25) is 4.79 Å². The Hall–Kier alpha value is -1.82. The average Bonchev–Trinajstić information content (AvgIpc) is 2.44. The zero-order valence-corrected chi connectivity index (χ0v) is 13.6. The number of nitrogens with one attached hydrogen (secondary N) is 1. The Morgan fingerprint density at radius 2 is 2.00 bits per heavy atom. The number of carbonyl (C=O) groups is 1. The molecule has 0 aromatic heterocycles. The Morgan fingerprint density at radius 1 is 1.33 bits per heavy atom. The van der Waals surface area contributed by atoms with Gasteiger partial charge >= 0.3 is 0 Å². The smallest absolute Gasteiger partial charge is 0.230 e. The lowest BCUT2D eigenvalue weighted by Gasteiger charge is -2.19. The molecule has 116 valence electrons. The highest BCUT2D eigenvalue weighted by Gasteiger charge is 2.24. The normalized spacial score (nSPS) is 11.9. The molecule has 5 nitrogen and oxygen atoms in total. The summed E-state index contributed by atoms with van der Waals surface area (Å²) >= 11 is 4.96. The summed E-state index contributed by atoms with van der Waals surface area (Å²) in [5, 5.41) is 2.85. The maximum atomic E-state index is 12.2. The van der Waals surface area contributed by atoms with Crippen LogP contribution in [0.3, 0.4) is 0 Å². The first kappa shape index (κ1) is 17.2. The molecule has 0 bridgehead atoms. The summed E-state index contributed by atoms with van der Waals surface area (Å²) < 4.78 is 10.4. The van der Waals surface area contributed by atoms with E-state index >= 15 is 0 Å². The first-order valence-corrected chi connectivity index (χ1v) is 7.09. The molecule has 1 aromatic rings. The van der Waals surface area contributed by atoms with Crippen molar-refractivity contribution >= 4 is 23.1 Å². The van der Waals surface area contributed by atoms with Crippen LogP contribution in [0.15, 0.2) is 18.2 Å². The fourth-order valence-corrected chi connectivity index (χ4v) is 2.43. The van der Waals surface area contributed by atoms with E-state index in [1.54, 1.807) is 20.3 Å². The lowest BCUT2D eigenvalue weighted by atomic mass is 9.95. The van der Waals surface area contributed by atoms with Gasteiger partial charge in [0.25, 0.3) is 0 Å². The van der Waals surface area contributed by atoms with Crippen molar-refractivity contribution in [3.05, 3.63) is 23.8 Å². The van der Waals surface area contributed by atoms with Crippen molar-refractivity contribution in [2.75, 3.05) is 14.2 Å². The highest BCUT2D eigenvalue weighted by Crippen LogP contribution is 2.24. The second-order valence-electron chi connectivity index (χ2n) is 5.02. The first-order valence-electron chi connectivity index (χ1n) is 6.68. The lowest BCUT2D eigenvalue weighted by molar-refractivity contribution is -0.124. The molecule has 0 spiro atoms. The Balaban J connectivity index is 2.79. The summed E-state index contributed by atoms with van der Waals surface area (Å²) in [6, 6.07) is 5.44. The van der Waals surface area contributed by atoms with Crippen molar-refractivity contribution in [1.82, 2.24) is 5.32 Å². The van der Waals surface area contributed by atoms with Crippen LogP contribution in [0, 0.1) is 11.8 Å². The molecule has 0 saturated heterocycles. The SMILES string of the molecule is COc1ccc(CNC(=O)C(C(N)=S)C(C)C)c(OC)c1. The second kappa shape index (κ2) is 7.83. The molecule has 1 unspecified atom stereocenters. The predicted molar refractivity (Wildman–Crippen MR) is 86.5 cm³/mol. The van der Waals surface area contributed by atoms with E-state index in [1.807, 2.05) is 26.0 Å². The molecular weight excluding hydrogens is 288 g/mol. The van der Waals surface area contributed by atoms with Gasteiger partial charge in [-0.15, -0.1) is 0 Å². The van der Waals surface area contributed by atoms with Gasteiger partial charge in [0.1, 0.15) is 11.5 Å². The molecule has 1 amide bonds. The fraction of sp³-hybridized carbons (Fsp3) is 0.467. The predicted octanol–water partition coefficient (Wildman–Crippen LogP) is 1.88. The third kappa shape index (κ3) is 4.60. The Bertz CT molecular complexity index is 518. The van der Waals surface area contributed by atoms with Crippen LogP contribution in [0.25, 0.3) is 0 Å². The molecule has 0 saturated carbocycles. The van der Waals surface area contributed by atoms with Crippen molar-refractivity contribution in [2.45, 2.75) is 20.4 Å². The molecule has 21 heavy (non-hydrogen) atoms. The topological polar surface area (TPSA) is 73.6 Å². The number of rotatable bonds is 7. The van der Waals surface area contributed by atoms with Crippen LogP contribution in [-0.2, 0) is 11.3 Å². The summed E-state index contributed by atoms with van der Waals surface area (Å²) in [5.41, 5.74) is 6.49. The number of carbonyl (C=O) groups excluding carboxylic acids is 1. The van der Waals surface area contributed by atoms with E-state index in [2.05, 4.69) is 5.32 Å². The molecule has 0 aliphatic heterocycles. The molecule has 1 aromatic carbocycles. The van der Waals surface area contributed by atoms with Crippen molar-refractivity contribution in [3.63, 3.8) is 0 Å². The van der Waals surface area contributed by atoms with E-state index in [0.717, 1.165) is 5.56 Å². The summed E-state index contributed by atoms with van der Waals surface area (Å²) in [6.07, 6.45) is 0. The fourth-order valence-electron chi connectivity index (χ4n) is 2.05. The van der Waals surface area contributed by atoms with Crippen LogP contribution in [0.4, 0.5) is 0 Å². The maximum Gasteiger partial charge on any atom is 0.230 e. The third-order valence-corrected chi connectivity index (χ3v) is 3.46. The number of methoxy groups -OCH3 is 2. The van der Waals surface area contributed by atoms with Gasteiger partial charge in [-0.05, 0) is 18.1 Å². The van der Waals surface area contributed by atoms with Gasteiger partial charge in [0, 0.05) is 18.2 Å². The average molecular weight is 310 g/mol. The van der Waals surface area contributed by atoms with Crippen LogP contribution in [0.1, 0.15) is 19.4 Å². The Labute approximate surface area is 130 Å². The minimum Gasteiger partial charge on any atom is -0.497 e. The van der Waals surface area contributed by atoms with Gasteiger partial charge in [-0.25, -0.2) is 0 Å². The standard InChI is InChI=1S/C15H22N2O3S/c1-9(2)13(14(16)21)15(18)17-8-10-5-6-11(19-3)7-12(10)20-4/h5-7,9,13H,8H2,1-4H3,(H2,16,21)(H,17,18). The molecule has 0 fully saturated rings. The van der Waals surface area contributed by atoms with E-state index in [-0.39, 0.29) is 16.8 Å². The van der Waals surface area contributed by atoms with E-state index in [1.165, 1.54) is 0 Å². The van der Waals surface area contributed by atoms with E-state index in [9.17, 15) is 4.79 Å². The quantitative estimate of drug-likeness (QED) is 0.752. The molecule has 0 radical (unpaired) electrons. The molecule has 3 N–H and O–H groups in total. The van der Waals surface area contributed by atoms with Gasteiger partial charge in [0.15, 0.2) is 0 Å². The van der Waals surface area contributed by atoms with Gasteiger partial charge in [0.05, 0.1) is 25.1 Å². The maximum absolute atomic E-state index is 12.2. The van der Waals surface area contributed by atoms with E-state index in [4.69, 9.17) is 27.4 Å². The van der Waals surface area contributed by atoms with Gasteiger partial charge < -0.3 is 20.5 Å². The molecular formula is C15H22N2O3S. The Morgan fingerprint density at radius 3 is 2.48 bits per heavy atom. The number of amides is 1.